The first-order valence-corrected chi connectivity index (χ1v) is 8.16. The van der Waals surface area contributed by atoms with E-state index in [9.17, 15) is 9.59 Å². The third kappa shape index (κ3) is 5.35. The van der Waals surface area contributed by atoms with Crippen LogP contribution in [-0.4, -0.2) is 20.2 Å². The zero-order valence-electron chi connectivity index (χ0n) is 9.45. The van der Waals surface area contributed by atoms with Gasteiger partial charge in [0.25, 0.3) is 0 Å². The minimum absolute atomic E-state index is 0.260. The number of alkyl halides is 5. The van der Waals surface area contributed by atoms with E-state index in [1.807, 2.05) is 30.3 Å². The van der Waals surface area contributed by atoms with E-state index in [4.69, 9.17) is 34.8 Å². The minimum Gasteiger partial charge on any atom is -0.298 e. The van der Waals surface area contributed by atoms with E-state index in [-0.39, 0.29) is 10.6 Å². The van der Waals surface area contributed by atoms with Crippen LogP contribution in [0.1, 0.15) is 16.8 Å². The van der Waals surface area contributed by atoms with Gasteiger partial charge in [0.1, 0.15) is 0 Å². The lowest BCUT2D eigenvalue weighted by atomic mass is 10.0. The van der Waals surface area contributed by atoms with E-state index < -0.39 is 20.8 Å². The van der Waals surface area contributed by atoms with Crippen molar-refractivity contribution in [3.8, 4) is 0 Å². The number of hydrogen-bond donors (Lipinski definition) is 0. The van der Waals surface area contributed by atoms with Gasteiger partial charge in [0.2, 0.25) is 3.79 Å². The molecule has 0 amide bonds. The topological polar surface area (TPSA) is 34.1 Å². The van der Waals surface area contributed by atoms with Crippen molar-refractivity contribution in [1.82, 2.24) is 0 Å². The van der Waals surface area contributed by atoms with Crippen molar-refractivity contribution in [2.45, 2.75) is 19.9 Å². The summed E-state index contributed by atoms with van der Waals surface area (Å²) in [7, 11) is 0. The maximum absolute atomic E-state index is 11.9. The fraction of sp³-hybridized carbons (Fsp3) is 0.333. The molecular weight excluding hydrogens is 442 g/mol. The number of ketones is 2. The van der Waals surface area contributed by atoms with Crippen LogP contribution in [0, 0.1) is 0 Å². The maximum atomic E-state index is 11.9. The number of carbonyl (C=O) groups excluding carboxylic acids is 2. The van der Waals surface area contributed by atoms with E-state index in [1.165, 1.54) is 0 Å². The Morgan fingerprint density at radius 1 is 1.11 bits per heavy atom. The van der Waals surface area contributed by atoms with Gasteiger partial charge in [0.05, 0.1) is 16.1 Å². The molecule has 0 bridgehead atoms. The summed E-state index contributed by atoms with van der Waals surface area (Å²) in [5, 5.41) is 0. The van der Waals surface area contributed by atoms with Crippen molar-refractivity contribution in [3.63, 3.8) is 0 Å². The van der Waals surface area contributed by atoms with Crippen molar-refractivity contribution in [1.29, 1.82) is 0 Å². The summed E-state index contributed by atoms with van der Waals surface area (Å²) in [5.74, 6) is -1.08. The summed E-state index contributed by atoms with van der Waals surface area (Å²) in [6.45, 7) is 0. The Labute approximate surface area is 143 Å². The molecule has 7 heteroatoms. The minimum atomic E-state index is -2.06. The molecule has 2 nitrogen and oxygen atoms in total. The predicted molar refractivity (Wildman–Crippen MR) is 85.7 cm³/mol. The number of hydrogen-bond acceptors (Lipinski definition) is 2. The van der Waals surface area contributed by atoms with Gasteiger partial charge >= 0.3 is 0 Å². The monoisotopic (exact) mass is 448 g/mol. The number of halogens is 5. The van der Waals surface area contributed by atoms with Crippen molar-refractivity contribution >= 4 is 78.2 Å². The molecule has 0 saturated heterocycles. The molecular formula is C12H9Br2Cl3O2. The second-order valence-electron chi connectivity index (χ2n) is 3.78. The highest BCUT2D eigenvalue weighted by molar-refractivity contribution is 9.12. The third-order valence-corrected chi connectivity index (χ3v) is 5.77. The fourth-order valence-corrected chi connectivity index (χ4v) is 2.59. The highest BCUT2D eigenvalue weighted by Crippen LogP contribution is 2.34. The summed E-state index contributed by atoms with van der Waals surface area (Å²) < 4.78 is -2.06. The molecule has 0 fully saturated rings. The molecule has 0 saturated carbocycles. The molecule has 0 aliphatic carbocycles. The van der Waals surface area contributed by atoms with E-state index in [0.717, 1.165) is 5.56 Å². The highest BCUT2D eigenvalue weighted by atomic mass is 79.9. The van der Waals surface area contributed by atoms with Crippen molar-refractivity contribution in [3.05, 3.63) is 35.9 Å². The van der Waals surface area contributed by atoms with E-state index >= 15 is 0 Å². The lowest BCUT2D eigenvalue weighted by Crippen LogP contribution is -2.27. The second kappa shape index (κ2) is 7.41. The number of carbonyl (C=O) groups is 2. The third-order valence-electron chi connectivity index (χ3n) is 2.33. The van der Waals surface area contributed by atoms with Crippen LogP contribution < -0.4 is 0 Å². The first kappa shape index (κ1) is 17.4. The lowest BCUT2D eigenvalue weighted by Gasteiger charge is -2.17. The summed E-state index contributed by atoms with van der Waals surface area (Å²) in [6, 6.07) is 9.34. The van der Waals surface area contributed by atoms with Crippen LogP contribution in [0.2, 0.25) is 0 Å². The van der Waals surface area contributed by atoms with Gasteiger partial charge in [0.15, 0.2) is 11.6 Å². The smallest absolute Gasteiger partial charge is 0.249 e. The first-order valence-electron chi connectivity index (χ1n) is 5.19. The molecule has 0 N–H and O–H groups in total. The highest BCUT2D eigenvalue weighted by Gasteiger charge is 2.34. The Morgan fingerprint density at radius 3 is 2.11 bits per heavy atom. The molecule has 2 unspecified atom stereocenters. The Morgan fingerprint density at radius 2 is 1.63 bits per heavy atom. The van der Waals surface area contributed by atoms with Crippen LogP contribution in [0.25, 0.3) is 0 Å². The number of Topliss-reactive ketones (excluding diaryl/α,β-unsaturated/α-hetero) is 2. The summed E-state index contributed by atoms with van der Waals surface area (Å²) >= 11 is 23.0. The Kier molecular flexibility index (Phi) is 6.81. The molecule has 0 radical (unpaired) electrons. The number of benzene rings is 1. The quantitative estimate of drug-likeness (QED) is 0.477. The molecule has 19 heavy (non-hydrogen) atoms. The molecule has 1 aromatic carbocycles. The SMILES string of the molecule is O=C(CC(=O)C(Cl)(Cl)Cl)C(Br)C(Br)c1ccccc1. The predicted octanol–water partition coefficient (Wildman–Crippen LogP) is 4.78. The molecule has 2 atom stereocenters. The molecule has 0 aliphatic rings. The van der Waals surface area contributed by atoms with E-state index in [0.29, 0.717) is 0 Å². The fourth-order valence-electron chi connectivity index (χ4n) is 1.33. The summed E-state index contributed by atoms with van der Waals surface area (Å²) in [5.41, 5.74) is 0.916. The Bertz CT molecular complexity index is 460. The van der Waals surface area contributed by atoms with Crippen LogP contribution in [0.4, 0.5) is 0 Å². The van der Waals surface area contributed by atoms with Gasteiger partial charge in [-0.3, -0.25) is 9.59 Å². The molecule has 0 spiro atoms. The van der Waals surface area contributed by atoms with Gasteiger partial charge in [-0.25, -0.2) is 0 Å². The van der Waals surface area contributed by atoms with Gasteiger partial charge in [0, 0.05) is 0 Å². The van der Waals surface area contributed by atoms with E-state index in [2.05, 4.69) is 31.9 Å². The van der Waals surface area contributed by atoms with Gasteiger partial charge in [-0.05, 0) is 5.56 Å². The first-order chi connectivity index (χ1) is 8.73. The lowest BCUT2D eigenvalue weighted by molar-refractivity contribution is -0.126. The van der Waals surface area contributed by atoms with Gasteiger partial charge in [-0.15, -0.1) is 0 Å². The van der Waals surface area contributed by atoms with Crippen LogP contribution in [0.15, 0.2) is 30.3 Å². The average molecular weight is 451 g/mol. The van der Waals surface area contributed by atoms with Crippen LogP contribution in [0.5, 0.6) is 0 Å². The van der Waals surface area contributed by atoms with Crippen LogP contribution >= 0.6 is 66.7 Å². The van der Waals surface area contributed by atoms with Crippen molar-refractivity contribution in [2.24, 2.45) is 0 Å². The normalized spacial score (nSPS) is 14.8. The van der Waals surface area contributed by atoms with Crippen molar-refractivity contribution < 1.29 is 9.59 Å². The summed E-state index contributed by atoms with van der Waals surface area (Å²) in [4.78, 5) is 22.6. The molecule has 0 heterocycles. The average Bonchev–Trinajstić information content (AvgIpc) is 2.36. The zero-order valence-corrected chi connectivity index (χ0v) is 14.9. The Balaban J connectivity index is 2.70. The van der Waals surface area contributed by atoms with E-state index in [1.54, 1.807) is 0 Å². The maximum Gasteiger partial charge on any atom is 0.249 e. The van der Waals surface area contributed by atoms with Crippen LogP contribution in [-0.2, 0) is 9.59 Å². The molecule has 1 rings (SSSR count). The van der Waals surface area contributed by atoms with Gasteiger partial charge < -0.3 is 0 Å². The van der Waals surface area contributed by atoms with Gasteiger partial charge in [-0.2, -0.15) is 0 Å². The van der Waals surface area contributed by atoms with Crippen molar-refractivity contribution in [2.75, 3.05) is 0 Å². The van der Waals surface area contributed by atoms with Gasteiger partial charge in [-0.1, -0.05) is 97.0 Å². The molecule has 1 aromatic rings. The van der Waals surface area contributed by atoms with Crippen LogP contribution in [0.3, 0.4) is 0 Å². The molecule has 0 aliphatic heterocycles. The largest absolute Gasteiger partial charge is 0.298 e. The number of rotatable bonds is 5. The molecule has 0 aromatic heterocycles. The zero-order chi connectivity index (χ0) is 14.6. The summed E-state index contributed by atoms with van der Waals surface area (Å²) in [6.07, 6.45) is -0.429. The standard InChI is InChI=1S/C12H9Br2Cl3O2/c13-10(7-4-2-1-3-5-7)11(14)8(18)6-9(19)12(15,16)17/h1-5,10-11H,6H2. The Hall–Kier alpha value is 0.390. The molecule has 104 valence electrons. The second-order valence-corrected chi connectivity index (χ2v) is 8.03.